The fraction of sp³-hybridized carbons (Fsp3) is 0.308. The van der Waals surface area contributed by atoms with Gasteiger partial charge in [-0.3, -0.25) is 0 Å². The van der Waals surface area contributed by atoms with Crippen LogP contribution in [0.25, 0.3) is 11.4 Å². The number of ether oxygens (including phenoxy) is 2. The lowest BCUT2D eigenvalue weighted by Gasteiger charge is -2.08. The number of nitrogens with one attached hydrogen (secondary N) is 1. The Bertz CT molecular complexity index is 513. The highest BCUT2D eigenvalue weighted by molar-refractivity contribution is 5.61. The summed E-state index contributed by atoms with van der Waals surface area (Å²) in [6, 6.07) is 5.75. The third-order valence-corrected chi connectivity index (χ3v) is 2.79. The molecule has 0 fully saturated rings. The van der Waals surface area contributed by atoms with E-state index in [0.717, 1.165) is 28.5 Å². The van der Waals surface area contributed by atoms with Gasteiger partial charge in [-0.05, 0) is 32.0 Å². The Balaban J connectivity index is 2.46. The number of hydrogen-bond acceptors (Lipinski definition) is 3. The Morgan fingerprint density at radius 2 is 1.76 bits per heavy atom. The van der Waals surface area contributed by atoms with Crippen molar-refractivity contribution in [3.8, 4) is 22.9 Å². The van der Waals surface area contributed by atoms with Crippen LogP contribution in [0.5, 0.6) is 11.5 Å². The van der Waals surface area contributed by atoms with Crippen molar-refractivity contribution in [1.29, 1.82) is 0 Å². The molecule has 0 unspecified atom stereocenters. The van der Waals surface area contributed by atoms with E-state index < -0.39 is 0 Å². The van der Waals surface area contributed by atoms with Crippen LogP contribution < -0.4 is 9.47 Å². The smallest absolute Gasteiger partial charge is 0.161 e. The molecule has 90 valence electrons. The van der Waals surface area contributed by atoms with Crippen LogP contribution in [0.1, 0.15) is 11.4 Å². The number of imidazole rings is 1. The maximum atomic E-state index is 5.27. The van der Waals surface area contributed by atoms with Gasteiger partial charge >= 0.3 is 0 Å². The van der Waals surface area contributed by atoms with Crippen LogP contribution in [0.15, 0.2) is 18.2 Å². The first kappa shape index (κ1) is 11.5. The summed E-state index contributed by atoms with van der Waals surface area (Å²) < 4.78 is 10.5. The van der Waals surface area contributed by atoms with E-state index in [1.807, 2.05) is 32.0 Å². The van der Waals surface area contributed by atoms with Crippen molar-refractivity contribution in [3.63, 3.8) is 0 Å². The molecule has 2 aromatic rings. The van der Waals surface area contributed by atoms with Gasteiger partial charge in [0.2, 0.25) is 0 Å². The number of aryl methyl sites for hydroxylation is 2. The minimum Gasteiger partial charge on any atom is -0.493 e. The number of aromatic amines is 1. The maximum absolute atomic E-state index is 5.27. The second-order valence-electron chi connectivity index (χ2n) is 3.87. The Morgan fingerprint density at radius 1 is 1.06 bits per heavy atom. The molecule has 1 N–H and O–H groups in total. The molecular weight excluding hydrogens is 216 g/mol. The molecule has 4 heteroatoms. The summed E-state index contributed by atoms with van der Waals surface area (Å²) in [5.74, 6) is 2.27. The van der Waals surface area contributed by atoms with Gasteiger partial charge in [0, 0.05) is 11.3 Å². The van der Waals surface area contributed by atoms with Gasteiger partial charge in [0.25, 0.3) is 0 Å². The first-order chi connectivity index (χ1) is 8.15. The number of hydrogen-bond donors (Lipinski definition) is 1. The summed E-state index contributed by atoms with van der Waals surface area (Å²) in [6.07, 6.45) is 0. The molecule has 0 saturated carbocycles. The lowest BCUT2D eigenvalue weighted by molar-refractivity contribution is 0.355. The summed E-state index contributed by atoms with van der Waals surface area (Å²) >= 11 is 0. The molecule has 0 radical (unpaired) electrons. The summed E-state index contributed by atoms with van der Waals surface area (Å²) in [5, 5.41) is 0. The molecule has 0 saturated heterocycles. The third kappa shape index (κ3) is 2.11. The summed E-state index contributed by atoms with van der Waals surface area (Å²) in [7, 11) is 3.25. The van der Waals surface area contributed by atoms with Crippen molar-refractivity contribution in [1.82, 2.24) is 9.97 Å². The van der Waals surface area contributed by atoms with Gasteiger partial charge in [-0.2, -0.15) is 0 Å². The summed E-state index contributed by atoms with van der Waals surface area (Å²) in [6.45, 7) is 3.99. The zero-order chi connectivity index (χ0) is 12.4. The molecule has 17 heavy (non-hydrogen) atoms. The van der Waals surface area contributed by atoms with Gasteiger partial charge in [-0.15, -0.1) is 0 Å². The van der Waals surface area contributed by atoms with E-state index in [-0.39, 0.29) is 0 Å². The van der Waals surface area contributed by atoms with E-state index in [9.17, 15) is 0 Å². The van der Waals surface area contributed by atoms with E-state index in [1.54, 1.807) is 14.2 Å². The minimum atomic E-state index is 0.705. The molecule has 0 aliphatic heterocycles. The predicted molar refractivity (Wildman–Crippen MR) is 66.6 cm³/mol. The lowest BCUT2D eigenvalue weighted by atomic mass is 10.2. The Hall–Kier alpha value is -1.97. The Morgan fingerprint density at radius 3 is 2.29 bits per heavy atom. The number of benzene rings is 1. The standard InChI is InChI=1S/C13H16N2O2/c1-8-9(2)15-13(14-8)10-5-6-11(16-3)12(7-10)17-4/h5-7H,1-4H3,(H,14,15). The van der Waals surface area contributed by atoms with Crippen molar-refractivity contribution in [2.75, 3.05) is 14.2 Å². The Labute approximate surface area is 101 Å². The van der Waals surface area contributed by atoms with E-state index in [1.165, 1.54) is 0 Å². The highest BCUT2D eigenvalue weighted by Crippen LogP contribution is 2.31. The molecule has 0 spiro atoms. The summed E-state index contributed by atoms with van der Waals surface area (Å²) in [5.41, 5.74) is 3.07. The molecule has 1 heterocycles. The van der Waals surface area contributed by atoms with Crippen LogP contribution in [0, 0.1) is 13.8 Å². The maximum Gasteiger partial charge on any atom is 0.161 e. The minimum absolute atomic E-state index is 0.705. The van der Waals surface area contributed by atoms with Crippen LogP contribution >= 0.6 is 0 Å². The van der Waals surface area contributed by atoms with Gasteiger partial charge in [0.05, 0.1) is 19.9 Å². The van der Waals surface area contributed by atoms with Crippen LogP contribution in [-0.4, -0.2) is 24.2 Å². The first-order valence-electron chi connectivity index (χ1n) is 5.41. The first-order valence-corrected chi connectivity index (χ1v) is 5.41. The second-order valence-corrected chi connectivity index (χ2v) is 3.87. The van der Waals surface area contributed by atoms with Gasteiger partial charge in [0.1, 0.15) is 5.82 Å². The molecule has 0 amide bonds. The number of rotatable bonds is 3. The monoisotopic (exact) mass is 232 g/mol. The number of aromatic nitrogens is 2. The molecular formula is C13H16N2O2. The molecule has 1 aromatic heterocycles. The van der Waals surface area contributed by atoms with Crippen molar-refractivity contribution < 1.29 is 9.47 Å². The highest BCUT2D eigenvalue weighted by atomic mass is 16.5. The predicted octanol–water partition coefficient (Wildman–Crippen LogP) is 2.71. The van der Waals surface area contributed by atoms with Crippen molar-refractivity contribution in [2.24, 2.45) is 0 Å². The topological polar surface area (TPSA) is 47.1 Å². The van der Waals surface area contributed by atoms with Crippen molar-refractivity contribution >= 4 is 0 Å². The van der Waals surface area contributed by atoms with Crippen LogP contribution in [0.2, 0.25) is 0 Å². The van der Waals surface area contributed by atoms with Crippen LogP contribution in [0.3, 0.4) is 0 Å². The fourth-order valence-corrected chi connectivity index (χ4v) is 1.67. The Kier molecular flexibility index (Phi) is 3.04. The van der Waals surface area contributed by atoms with Crippen LogP contribution in [0.4, 0.5) is 0 Å². The van der Waals surface area contributed by atoms with Crippen LogP contribution in [-0.2, 0) is 0 Å². The van der Waals surface area contributed by atoms with Gasteiger partial charge in [-0.25, -0.2) is 4.98 Å². The molecule has 0 aliphatic rings. The van der Waals surface area contributed by atoms with E-state index >= 15 is 0 Å². The number of H-pyrrole nitrogens is 1. The van der Waals surface area contributed by atoms with Gasteiger partial charge < -0.3 is 14.5 Å². The van der Waals surface area contributed by atoms with Gasteiger partial charge in [0.15, 0.2) is 11.5 Å². The second kappa shape index (κ2) is 4.49. The van der Waals surface area contributed by atoms with Gasteiger partial charge in [-0.1, -0.05) is 0 Å². The summed E-state index contributed by atoms with van der Waals surface area (Å²) in [4.78, 5) is 7.70. The van der Waals surface area contributed by atoms with E-state index in [2.05, 4.69) is 9.97 Å². The number of nitrogens with zero attached hydrogens (tertiary/aromatic N) is 1. The number of methoxy groups -OCH3 is 2. The average Bonchev–Trinajstić information content (AvgIpc) is 2.68. The zero-order valence-corrected chi connectivity index (χ0v) is 10.5. The quantitative estimate of drug-likeness (QED) is 0.885. The molecule has 2 rings (SSSR count). The van der Waals surface area contributed by atoms with E-state index in [4.69, 9.17) is 9.47 Å². The fourth-order valence-electron chi connectivity index (χ4n) is 1.67. The normalized spacial score (nSPS) is 10.4. The average molecular weight is 232 g/mol. The van der Waals surface area contributed by atoms with Crippen molar-refractivity contribution in [2.45, 2.75) is 13.8 Å². The molecule has 4 nitrogen and oxygen atoms in total. The lowest BCUT2D eigenvalue weighted by Crippen LogP contribution is -1.91. The van der Waals surface area contributed by atoms with Crippen molar-refractivity contribution in [3.05, 3.63) is 29.6 Å². The zero-order valence-electron chi connectivity index (χ0n) is 10.5. The largest absolute Gasteiger partial charge is 0.493 e. The third-order valence-electron chi connectivity index (χ3n) is 2.79. The molecule has 0 bridgehead atoms. The van der Waals surface area contributed by atoms with E-state index in [0.29, 0.717) is 5.75 Å². The highest BCUT2D eigenvalue weighted by Gasteiger charge is 2.09. The SMILES string of the molecule is COc1ccc(-c2nc(C)c(C)[nH]2)cc1OC. The molecule has 0 atom stereocenters. The molecule has 0 aliphatic carbocycles. The molecule has 1 aromatic carbocycles.